The van der Waals surface area contributed by atoms with Crippen molar-refractivity contribution in [1.29, 1.82) is 0 Å². The van der Waals surface area contributed by atoms with Crippen LogP contribution in [-0.4, -0.2) is 35.0 Å². The Bertz CT molecular complexity index is 777. The Morgan fingerprint density at radius 1 is 1.04 bits per heavy atom. The average Bonchev–Trinajstić information content (AvgIpc) is 2.94. The van der Waals surface area contributed by atoms with Crippen LogP contribution in [0.25, 0.3) is 0 Å². The molecule has 1 N–H and O–H groups in total. The van der Waals surface area contributed by atoms with Gasteiger partial charge in [-0.2, -0.15) is 0 Å². The zero-order valence-corrected chi connectivity index (χ0v) is 15.4. The fourth-order valence-electron chi connectivity index (χ4n) is 3.59. The Labute approximate surface area is 154 Å². The standard InChI is InChI=1S/C21H27N3O2/c1-23-13-9-12-18(21(23)26)20(25)22-16-19(17-10-5-4-6-11-17)24-14-7-2-3-8-15-24/h4-6,9-13,19H,2-3,7-8,14-16H2,1H3,(H,22,25)/t19-/m1/s1. The summed E-state index contributed by atoms with van der Waals surface area (Å²) in [5.74, 6) is -0.304. The van der Waals surface area contributed by atoms with Crippen molar-refractivity contribution in [3.63, 3.8) is 0 Å². The molecular formula is C21H27N3O2. The number of carbonyl (C=O) groups excluding carboxylic acids is 1. The van der Waals surface area contributed by atoms with Crippen LogP contribution < -0.4 is 10.9 Å². The first-order chi connectivity index (χ1) is 12.7. The van der Waals surface area contributed by atoms with Crippen molar-refractivity contribution in [3.05, 3.63) is 70.1 Å². The normalized spacial score (nSPS) is 16.7. The first-order valence-electron chi connectivity index (χ1n) is 9.39. The van der Waals surface area contributed by atoms with E-state index < -0.39 is 0 Å². The van der Waals surface area contributed by atoms with E-state index in [1.54, 1.807) is 25.4 Å². The van der Waals surface area contributed by atoms with Crippen LogP contribution >= 0.6 is 0 Å². The monoisotopic (exact) mass is 353 g/mol. The van der Waals surface area contributed by atoms with Crippen molar-refractivity contribution in [2.75, 3.05) is 19.6 Å². The van der Waals surface area contributed by atoms with E-state index in [4.69, 9.17) is 0 Å². The van der Waals surface area contributed by atoms with E-state index in [-0.39, 0.29) is 23.1 Å². The zero-order chi connectivity index (χ0) is 18.4. The van der Waals surface area contributed by atoms with Gasteiger partial charge in [-0.25, -0.2) is 0 Å². The van der Waals surface area contributed by atoms with E-state index in [0.717, 1.165) is 13.1 Å². The van der Waals surface area contributed by atoms with Crippen molar-refractivity contribution in [1.82, 2.24) is 14.8 Å². The lowest BCUT2D eigenvalue weighted by atomic mass is 10.0. The van der Waals surface area contributed by atoms with Gasteiger partial charge in [-0.15, -0.1) is 0 Å². The van der Waals surface area contributed by atoms with Crippen LogP contribution in [0.4, 0.5) is 0 Å². The van der Waals surface area contributed by atoms with Gasteiger partial charge in [0.25, 0.3) is 11.5 Å². The number of nitrogens with one attached hydrogen (secondary N) is 1. The number of likely N-dealkylation sites (tertiary alicyclic amines) is 1. The van der Waals surface area contributed by atoms with Crippen molar-refractivity contribution >= 4 is 5.91 Å². The number of pyridine rings is 1. The molecule has 26 heavy (non-hydrogen) atoms. The molecule has 1 fully saturated rings. The van der Waals surface area contributed by atoms with Gasteiger partial charge in [0.2, 0.25) is 0 Å². The molecule has 138 valence electrons. The topological polar surface area (TPSA) is 54.3 Å². The van der Waals surface area contributed by atoms with Crippen LogP contribution in [-0.2, 0) is 7.05 Å². The summed E-state index contributed by atoms with van der Waals surface area (Å²) in [5.41, 5.74) is 1.13. The molecule has 1 atom stereocenters. The largest absolute Gasteiger partial charge is 0.350 e. The van der Waals surface area contributed by atoms with E-state index in [1.807, 2.05) is 18.2 Å². The molecule has 1 aromatic carbocycles. The number of aromatic nitrogens is 1. The highest BCUT2D eigenvalue weighted by molar-refractivity contribution is 5.93. The van der Waals surface area contributed by atoms with Crippen LogP contribution in [0.3, 0.4) is 0 Å². The second-order valence-electron chi connectivity index (χ2n) is 6.92. The summed E-state index contributed by atoms with van der Waals surface area (Å²) in [7, 11) is 1.66. The van der Waals surface area contributed by atoms with Gasteiger partial charge < -0.3 is 9.88 Å². The number of aryl methyl sites for hydroxylation is 1. The predicted octanol–water partition coefficient (Wildman–Crippen LogP) is 2.73. The van der Waals surface area contributed by atoms with Crippen LogP contribution in [0.15, 0.2) is 53.5 Å². The van der Waals surface area contributed by atoms with Crippen molar-refractivity contribution < 1.29 is 4.79 Å². The van der Waals surface area contributed by atoms with E-state index >= 15 is 0 Å². The molecule has 2 aromatic rings. The van der Waals surface area contributed by atoms with Crippen molar-refractivity contribution in [3.8, 4) is 0 Å². The Morgan fingerprint density at radius 3 is 2.42 bits per heavy atom. The summed E-state index contributed by atoms with van der Waals surface area (Å²) in [6.45, 7) is 2.59. The minimum atomic E-state index is -0.304. The quantitative estimate of drug-likeness (QED) is 0.899. The Morgan fingerprint density at radius 2 is 1.73 bits per heavy atom. The molecule has 3 rings (SSSR count). The number of amides is 1. The van der Waals surface area contributed by atoms with E-state index in [9.17, 15) is 9.59 Å². The van der Waals surface area contributed by atoms with E-state index in [2.05, 4.69) is 22.3 Å². The minimum absolute atomic E-state index is 0.130. The van der Waals surface area contributed by atoms with E-state index in [1.165, 1.54) is 35.8 Å². The lowest BCUT2D eigenvalue weighted by molar-refractivity contribution is 0.0931. The highest BCUT2D eigenvalue weighted by atomic mass is 16.2. The number of hydrogen-bond donors (Lipinski definition) is 1. The molecule has 5 heteroatoms. The smallest absolute Gasteiger partial charge is 0.263 e. The molecule has 0 radical (unpaired) electrons. The van der Waals surface area contributed by atoms with Gasteiger partial charge >= 0.3 is 0 Å². The molecule has 1 aromatic heterocycles. The average molecular weight is 353 g/mol. The zero-order valence-electron chi connectivity index (χ0n) is 15.4. The molecule has 2 heterocycles. The van der Waals surface area contributed by atoms with Gasteiger partial charge in [0.15, 0.2) is 0 Å². The molecule has 5 nitrogen and oxygen atoms in total. The first-order valence-corrected chi connectivity index (χ1v) is 9.39. The Balaban J connectivity index is 1.76. The van der Waals surface area contributed by atoms with Gasteiger partial charge in [-0.05, 0) is 43.6 Å². The number of benzene rings is 1. The molecule has 1 aliphatic rings. The van der Waals surface area contributed by atoms with Crippen LogP contribution in [0, 0.1) is 0 Å². The maximum absolute atomic E-state index is 12.6. The maximum Gasteiger partial charge on any atom is 0.263 e. The third-order valence-corrected chi connectivity index (χ3v) is 5.09. The second-order valence-corrected chi connectivity index (χ2v) is 6.92. The molecule has 0 bridgehead atoms. The molecule has 0 unspecified atom stereocenters. The third-order valence-electron chi connectivity index (χ3n) is 5.09. The maximum atomic E-state index is 12.6. The fourth-order valence-corrected chi connectivity index (χ4v) is 3.59. The molecule has 0 aliphatic carbocycles. The Kier molecular flexibility index (Phi) is 6.23. The van der Waals surface area contributed by atoms with Crippen LogP contribution in [0.2, 0.25) is 0 Å². The summed E-state index contributed by atoms with van der Waals surface area (Å²) < 4.78 is 1.43. The highest BCUT2D eigenvalue weighted by Gasteiger charge is 2.22. The first kappa shape index (κ1) is 18.4. The third kappa shape index (κ3) is 4.41. The van der Waals surface area contributed by atoms with Crippen LogP contribution in [0.5, 0.6) is 0 Å². The predicted molar refractivity (Wildman–Crippen MR) is 103 cm³/mol. The van der Waals surface area contributed by atoms with Crippen molar-refractivity contribution in [2.45, 2.75) is 31.7 Å². The van der Waals surface area contributed by atoms with E-state index in [0.29, 0.717) is 6.54 Å². The lowest BCUT2D eigenvalue weighted by Crippen LogP contribution is -2.40. The van der Waals surface area contributed by atoms with Gasteiger partial charge in [-0.3, -0.25) is 14.5 Å². The molecule has 0 saturated carbocycles. The summed E-state index contributed by atoms with van der Waals surface area (Å²) in [6.07, 6.45) is 6.57. The van der Waals surface area contributed by atoms with Gasteiger partial charge in [0.05, 0.1) is 6.04 Å². The highest BCUT2D eigenvalue weighted by Crippen LogP contribution is 2.23. The number of carbonyl (C=O) groups is 1. The molecule has 1 saturated heterocycles. The number of hydrogen-bond acceptors (Lipinski definition) is 3. The number of rotatable bonds is 5. The van der Waals surface area contributed by atoms with Gasteiger partial charge in [0.1, 0.15) is 5.56 Å². The van der Waals surface area contributed by atoms with Gasteiger partial charge in [0, 0.05) is 19.8 Å². The molecule has 1 aliphatic heterocycles. The van der Waals surface area contributed by atoms with Crippen LogP contribution in [0.1, 0.15) is 47.6 Å². The lowest BCUT2D eigenvalue weighted by Gasteiger charge is -2.31. The van der Waals surface area contributed by atoms with Gasteiger partial charge in [-0.1, -0.05) is 43.2 Å². The molecule has 0 spiro atoms. The minimum Gasteiger partial charge on any atom is -0.350 e. The molecular weight excluding hydrogens is 326 g/mol. The number of nitrogens with zero attached hydrogens (tertiary/aromatic N) is 2. The Hall–Kier alpha value is -2.40. The summed E-state index contributed by atoms with van der Waals surface area (Å²) in [5, 5.41) is 2.99. The summed E-state index contributed by atoms with van der Waals surface area (Å²) >= 11 is 0. The fraction of sp³-hybridized carbons (Fsp3) is 0.429. The SMILES string of the molecule is Cn1cccc(C(=O)NC[C@H](c2ccccc2)N2CCCCCC2)c1=O. The van der Waals surface area contributed by atoms with Crippen molar-refractivity contribution in [2.24, 2.45) is 7.05 Å². The summed E-state index contributed by atoms with van der Waals surface area (Å²) in [4.78, 5) is 27.2. The molecule has 1 amide bonds. The summed E-state index contributed by atoms with van der Waals surface area (Å²) in [6, 6.07) is 13.7. The second kappa shape index (κ2) is 8.81.